The van der Waals surface area contributed by atoms with Crippen LogP contribution in [0.1, 0.15) is 32.1 Å². The Labute approximate surface area is 151 Å². The molecule has 1 saturated carbocycles. The normalized spacial score (nSPS) is 24.8. The maximum Gasteiger partial charge on any atom is 0.326 e. The molecule has 1 aromatic heterocycles. The molecule has 1 aromatic rings. The number of carboxylic acids is 1. The fourth-order valence-corrected chi connectivity index (χ4v) is 4.31. The standard InChI is InChI=1S/C18H24N4O4/c23-15(11-21-7-1-6-19-21)22-12-18(10-14(22)17(25)26)4-8-20(9-5-18)16(24)13-2-3-13/h1,6-7,13-14H,2-5,8-12H2,(H,25,26). The average Bonchev–Trinajstić information content (AvgIpc) is 3.23. The molecule has 8 nitrogen and oxygen atoms in total. The van der Waals surface area contributed by atoms with Crippen molar-refractivity contribution in [2.75, 3.05) is 19.6 Å². The predicted octanol–water partition coefficient (Wildman–Crippen LogP) is 0.587. The molecule has 3 fully saturated rings. The molecule has 0 aromatic carbocycles. The van der Waals surface area contributed by atoms with Crippen molar-refractivity contribution in [1.82, 2.24) is 19.6 Å². The van der Waals surface area contributed by atoms with E-state index in [0.29, 0.717) is 26.1 Å². The number of carboxylic acid groups (broad SMARTS) is 1. The number of nitrogens with zero attached hydrogens (tertiary/aromatic N) is 4. The molecule has 3 heterocycles. The molecule has 2 saturated heterocycles. The summed E-state index contributed by atoms with van der Waals surface area (Å²) in [5.41, 5.74) is -0.191. The van der Waals surface area contributed by atoms with Crippen LogP contribution in [-0.4, -0.2) is 68.1 Å². The zero-order valence-electron chi connectivity index (χ0n) is 14.7. The van der Waals surface area contributed by atoms with E-state index in [-0.39, 0.29) is 29.7 Å². The first-order valence-corrected chi connectivity index (χ1v) is 9.26. The third-order valence-corrected chi connectivity index (χ3v) is 6.03. The Bertz CT molecular complexity index is 705. The molecule has 140 valence electrons. The highest BCUT2D eigenvalue weighted by Gasteiger charge is 2.50. The van der Waals surface area contributed by atoms with Crippen molar-refractivity contribution in [3.05, 3.63) is 18.5 Å². The second-order valence-electron chi connectivity index (χ2n) is 7.88. The number of hydrogen-bond acceptors (Lipinski definition) is 4. The SMILES string of the molecule is O=C(O)C1CC2(CCN(C(=O)C3CC3)CC2)CN1C(=O)Cn1cccn1. The molecule has 1 aliphatic carbocycles. The maximum absolute atomic E-state index is 12.7. The second-order valence-corrected chi connectivity index (χ2v) is 7.88. The van der Waals surface area contributed by atoms with Crippen molar-refractivity contribution in [3.8, 4) is 0 Å². The third-order valence-electron chi connectivity index (χ3n) is 6.03. The van der Waals surface area contributed by atoms with Gasteiger partial charge in [0.2, 0.25) is 11.8 Å². The average molecular weight is 360 g/mol. The van der Waals surface area contributed by atoms with Gasteiger partial charge in [0, 0.05) is 37.9 Å². The molecular weight excluding hydrogens is 336 g/mol. The number of rotatable bonds is 4. The summed E-state index contributed by atoms with van der Waals surface area (Å²) in [5.74, 6) is -0.701. The molecule has 1 N–H and O–H groups in total. The minimum atomic E-state index is -0.952. The van der Waals surface area contributed by atoms with E-state index in [1.807, 2.05) is 4.90 Å². The summed E-state index contributed by atoms with van der Waals surface area (Å²) in [6.07, 6.45) is 7.29. The van der Waals surface area contributed by atoms with E-state index in [1.54, 1.807) is 18.5 Å². The third kappa shape index (κ3) is 3.20. The summed E-state index contributed by atoms with van der Waals surface area (Å²) in [6.45, 7) is 1.85. The van der Waals surface area contributed by atoms with Gasteiger partial charge in [-0.3, -0.25) is 14.3 Å². The van der Waals surface area contributed by atoms with Crippen LogP contribution in [0.4, 0.5) is 0 Å². The summed E-state index contributed by atoms with van der Waals surface area (Å²) in [5, 5.41) is 13.6. The van der Waals surface area contributed by atoms with Crippen LogP contribution in [0.5, 0.6) is 0 Å². The van der Waals surface area contributed by atoms with E-state index in [1.165, 1.54) is 9.58 Å². The Kier molecular flexibility index (Phi) is 4.20. The monoisotopic (exact) mass is 360 g/mol. The highest BCUT2D eigenvalue weighted by atomic mass is 16.4. The molecular formula is C18H24N4O4. The predicted molar refractivity (Wildman–Crippen MR) is 91.0 cm³/mol. The van der Waals surface area contributed by atoms with Crippen LogP contribution < -0.4 is 0 Å². The van der Waals surface area contributed by atoms with E-state index >= 15 is 0 Å². The van der Waals surface area contributed by atoms with Crippen LogP contribution in [-0.2, 0) is 20.9 Å². The van der Waals surface area contributed by atoms with Crippen molar-refractivity contribution >= 4 is 17.8 Å². The molecule has 0 radical (unpaired) electrons. The first kappa shape index (κ1) is 17.1. The fraction of sp³-hybridized carbons (Fsp3) is 0.667. The van der Waals surface area contributed by atoms with Crippen LogP contribution in [0, 0.1) is 11.3 Å². The molecule has 3 aliphatic rings. The Balaban J connectivity index is 1.43. The summed E-state index contributed by atoms with van der Waals surface area (Å²) in [4.78, 5) is 40.1. The van der Waals surface area contributed by atoms with Gasteiger partial charge < -0.3 is 14.9 Å². The van der Waals surface area contributed by atoms with Gasteiger partial charge in [-0.05, 0) is 43.6 Å². The number of likely N-dealkylation sites (tertiary alicyclic amines) is 2. The summed E-state index contributed by atoms with van der Waals surface area (Å²) in [6, 6.07) is 0.948. The quantitative estimate of drug-likeness (QED) is 0.848. The molecule has 26 heavy (non-hydrogen) atoms. The van der Waals surface area contributed by atoms with E-state index in [4.69, 9.17) is 0 Å². The lowest BCUT2D eigenvalue weighted by atomic mass is 9.76. The number of carbonyl (C=O) groups is 3. The van der Waals surface area contributed by atoms with Crippen molar-refractivity contribution < 1.29 is 19.5 Å². The van der Waals surface area contributed by atoms with Gasteiger partial charge in [0.05, 0.1) is 0 Å². The topological polar surface area (TPSA) is 95.7 Å². The second kappa shape index (κ2) is 6.41. The van der Waals surface area contributed by atoms with E-state index in [2.05, 4.69) is 5.10 Å². The van der Waals surface area contributed by atoms with Crippen molar-refractivity contribution in [2.45, 2.75) is 44.7 Å². The molecule has 4 rings (SSSR count). The number of piperidine rings is 1. The van der Waals surface area contributed by atoms with E-state index < -0.39 is 12.0 Å². The van der Waals surface area contributed by atoms with Gasteiger partial charge >= 0.3 is 5.97 Å². The van der Waals surface area contributed by atoms with Gasteiger partial charge in [0.15, 0.2) is 0 Å². The minimum Gasteiger partial charge on any atom is -0.480 e. The molecule has 2 aliphatic heterocycles. The highest BCUT2D eigenvalue weighted by molar-refractivity contribution is 5.84. The number of aromatic nitrogens is 2. The Morgan fingerprint density at radius 2 is 1.92 bits per heavy atom. The van der Waals surface area contributed by atoms with E-state index in [0.717, 1.165) is 25.7 Å². The van der Waals surface area contributed by atoms with Crippen LogP contribution in [0.2, 0.25) is 0 Å². The lowest BCUT2D eigenvalue weighted by Gasteiger charge is -2.39. The number of carbonyl (C=O) groups excluding carboxylic acids is 2. The van der Waals surface area contributed by atoms with Gasteiger partial charge in [-0.1, -0.05) is 0 Å². The van der Waals surface area contributed by atoms with Gasteiger partial charge in [0.25, 0.3) is 0 Å². The van der Waals surface area contributed by atoms with Crippen molar-refractivity contribution in [2.24, 2.45) is 11.3 Å². The smallest absolute Gasteiger partial charge is 0.326 e. The molecule has 1 spiro atoms. The highest BCUT2D eigenvalue weighted by Crippen LogP contribution is 2.44. The van der Waals surface area contributed by atoms with Crippen LogP contribution >= 0.6 is 0 Å². The van der Waals surface area contributed by atoms with Crippen LogP contribution in [0.3, 0.4) is 0 Å². The van der Waals surface area contributed by atoms with Gasteiger partial charge in [-0.15, -0.1) is 0 Å². The number of aliphatic carboxylic acids is 1. The fourth-order valence-electron chi connectivity index (χ4n) is 4.31. The van der Waals surface area contributed by atoms with Crippen LogP contribution in [0.25, 0.3) is 0 Å². The lowest BCUT2D eigenvalue weighted by Crippen LogP contribution is -2.45. The molecule has 1 unspecified atom stereocenters. The van der Waals surface area contributed by atoms with Gasteiger partial charge in [-0.25, -0.2) is 4.79 Å². The summed E-state index contributed by atoms with van der Waals surface area (Å²) in [7, 11) is 0. The summed E-state index contributed by atoms with van der Waals surface area (Å²) >= 11 is 0. The number of hydrogen-bond donors (Lipinski definition) is 1. The number of amides is 2. The first-order valence-electron chi connectivity index (χ1n) is 9.26. The lowest BCUT2D eigenvalue weighted by molar-refractivity contribution is -0.148. The minimum absolute atomic E-state index is 0.0547. The largest absolute Gasteiger partial charge is 0.480 e. The maximum atomic E-state index is 12.7. The first-order chi connectivity index (χ1) is 12.5. The van der Waals surface area contributed by atoms with Crippen molar-refractivity contribution in [3.63, 3.8) is 0 Å². The summed E-state index contributed by atoms with van der Waals surface area (Å²) < 4.78 is 1.52. The molecule has 2 amide bonds. The Hall–Kier alpha value is -2.38. The van der Waals surface area contributed by atoms with Gasteiger partial charge in [-0.2, -0.15) is 5.10 Å². The van der Waals surface area contributed by atoms with Crippen molar-refractivity contribution in [1.29, 1.82) is 0 Å². The van der Waals surface area contributed by atoms with E-state index in [9.17, 15) is 19.5 Å². The Morgan fingerprint density at radius 3 is 2.50 bits per heavy atom. The Morgan fingerprint density at radius 1 is 1.19 bits per heavy atom. The van der Waals surface area contributed by atoms with Crippen LogP contribution in [0.15, 0.2) is 18.5 Å². The zero-order valence-corrected chi connectivity index (χ0v) is 14.7. The zero-order chi connectivity index (χ0) is 18.3. The molecule has 8 heteroatoms. The molecule has 1 atom stereocenters. The molecule has 0 bridgehead atoms. The van der Waals surface area contributed by atoms with Gasteiger partial charge in [0.1, 0.15) is 12.6 Å².